The quantitative estimate of drug-likeness (QED) is 0.726. The van der Waals surface area contributed by atoms with Gasteiger partial charge in [-0.15, -0.1) is 0 Å². The van der Waals surface area contributed by atoms with E-state index in [1.807, 2.05) is 19.9 Å². The molecule has 0 aliphatic rings. The van der Waals surface area contributed by atoms with Crippen LogP contribution in [-0.2, 0) is 0 Å². The second-order valence-corrected chi connectivity index (χ2v) is 3.40. The molecule has 0 fully saturated rings. The summed E-state index contributed by atoms with van der Waals surface area (Å²) in [5.41, 5.74) is 7.86. The molecule has 0 radical (unpaired) electrons. The van der Waals surface area contributed by atoms with Crippen LogP contribution in [0.25, 0.3) is 0 Å². The van der Waals surface area contributed by atoms with Crippen molar-refractivity contribution in [2.24, 2.45) is 5.73 Å². The Morgan fingerprint density at radius 3 is 2.88 bits per heavy atom. The van der Waals surface area contributed by atoms with E-state index in [0.29, 0.717) is 18.7 Å². The van der Waals surface area contributed by atoms with E-state index in [0.717, 1.165) is 11.1 Å². The van der Waals surface area contributed by atoms with Crippen molar-refractivity contribution in [2.45, 2.75) is 13.8 Å². The number of rotatable bonds is 2. The molecular formula is C13H16N2O. The van der Waals surface area contributed by atoms with Crippen molar-refractivity contribution in [1.82, 2.24) is 5.32 Å². The number of nitrogens with one attached hydrogen (secondary N) is 1. The molecule has 84 valence electrons. The van der Waals surface area contributed by atoms with Crippen LogP contribution in [0, 0.1) is 18.8 Å². The fourth-order valence-electron chi connectivity index (χ4n) is 1.31. The van der Waals surface area contributed by atoms with Gasteiger partial charge in [0.1, 0.15) is 0 Å². The second-order valence-electron chi connectivity index (χ2n) is 3.40. The van der Waals surface area contributed by atoms with Crippen LogP contribution in [0.4, 0.5) is 0 Å². The van der Waals surface area contributed by atoms with E-state index in [9.17, 15) is 4.79 Å². The molecule has 1 rings (SSSR count). The summed E-state index contributed by atoms with van der Waals surface area (Å²) in [6, 6.07) is 5.49. The number of aryl methyl sites for hydroxylation is 1. The maximum atomic E-state index is 11.6. The minimum absolute atomic E-state index is 0.0710. The molecule has 0 atom stereocenters. The van der Waals surface area contributed by atoms with E-state index in [-0.39, 0.29) is 5.91 Å². The summed E-state index contributed by atoms with van der Waals surface area (Å²) in [6.45, 7) is 4.80. The Morgan fingerprint density at radius 1 is 1.50 bits per heavy atom. The Kier molecular flexibility index (Phi) is 4.56. The van der Waals surface area contributed by atoms with Gasteiger partial charge in [-0.1, -0.05) is 17.9 Å². The zero-order valence-electron chi connectivity index (χ0n) is 9.63. The summed E-state index contributed by atoms with van der Waals surface area (Å²) < 4.78 is 0. The molecule has 1 amide bonds. The lowest BCUT2D eigenvalue weighted by atomic mass is 10.0. The normalized spacial score (nSPS) is 9.19. The van der Waals surface area contributed by atoms with Crippen LogP contribution in [0.3, 0.4) is 0 Å². The molecule has 0 spiro atoms. The predicted octanol–water partition coefficient (Wildman–Crippen LogP) is 1.05. The Morgan fingerprint density at radius 2 is 2.25 bits per heavy atom. The van der Waals surface area contributed by atoms with E-state index in [1.54, 1.807) is 12.1 Å². The third-order valence-electron chi connectivity index (χ3n) is 2.16. The van der Waals surface area contributed by atoms with Crippen LogP contribution in [0.2, 0.25) is 0 Å². The molecule has 0 aliphatic heterocycles. The average Bonchev–Trinajstić information content (AvgIpc) is 2.28. The van der Waals surface area contributed by atoms with Gasteiger partial charge in [0.05, 0.1) is 6.54 Å². The maximum absolute atomic E-state index is 11.6. The first kappa shape index (κ1) is 12.3. The molecule has 3 heteroatoms. The number of hydrogen-bond acceptors (Lipinski definition) is 2. The Labute approximate surface area is 96.0 Å². The van der Waals surface area contributed by atoms with Gasteiger partial charge in [-0.25, -0.2) is 0 Å². The Balaban J connectivity index is 3.02. The third-order valence-corrected chi connectivity index (χ3v) is 2.16. The zero-order chi connectivity index (χ0) is 12.0. The maximum Gasteiger partial charge on any atom is 0.251 e. The highest BCUT2D eigenvalue weighted by atomic mass is 16.1. The van der Waals surface area contributed by atoms with Crippen molar-refractivity contribution in [3.63, 3.8) is 0 Å². The minimum atomic E-state index is -0.0710. The molecular weight excluding hydrogens is 200 g/mol. The lowest BCUT2D eigenvalue weighted by molar-refractivity contribution is 0.0956. The lowest BCUT2D eigenvalue weighted by Crippen LogP contribution is -2.22. The van der Waals surface area contributed by atoms with Crippen LogP contribution in [0.15, 0.2) is 18.2 Å². The molecule has 0 aromatic heterocycles. The van der Waals surface area contributed by atoms with Gasteiger partial charge >= 0.3 is 0 Å². The predicted molar refractivity (Wildman–Crippen MR) is 65.1 cm³/mol. The van der Waals surface area contributed by atoms with Crippen LogP contribution in [-0.4, -0.2) is 19.0 Å². The third kappa shape index (κ3) is 3.11. The van der Waals surface area contributed by atoms with Crippen molar-refractivity contribution < 1.29 is 4.79 Å². The summed E-state index contributed by atoms with van der Waals surface area (Å²) in [5, 5.41) is 2.75. The number of benzene rings is 1. The topological polar surface area (TPSA) is 55.1 Å². The number of nitrogens with two attached hydrogens (primary N) is 1. The number of carbonyl (C=O) groups is 1. The summed E-state index contributed by atoms with van der Waals surface area (Å²) in [4.78, 5) is 11.6. The van der Waals surface area contributed by atoms with E-state index in [2.05, 4.69) is 17.2 Å². The van der Waals surface area contributed by atoms with Crippen molar-refractivity contribution in [3.8, 4) is 11.8 Å². The van der Waals surface area contributed by atoms with Crippen LogP contribution in [0.5, 0.6) is 0 Å². The smallest absolute Gasteiger partial charge is 0.251 e. The van der Waals surface area contributed by atoms with Gasteiger partial charge in [0.25, 0.3) is 5.91 Å². The van der Waals surface area contributed by atoms with E-state index in [4.69, 9.17) is 5.73 Å². The van der Waals surface area contributed by atoms with Crippen molar-refractivity contribution >= 4 is 5.91 Å². The highest BCUT2D eigenvalue weighted by molar-refractivity contribution is 5.94. The van der Waals surface area contributed by atoms with Gasteiger partial charge in [0.2, 0.25) is 0 Å². The van der Waals surface area contributed by atoms with E-state index >= 15 is 0 Å². The Hall–Kier alpha value is -1.79. The molecule has 0 unspecified atom stereocenters. The first-order valence-corrected chi connectivity index (χ1v) is 5.26. The summed E-state index contributed by atoms with van der Waals surface area (Å²) in [7, 11) is 0. The minimum Gasteiger partial charge on any atom is -0.352 e. The largest absolute Gasteiger partial charge is 0.352 e. The lowest BCUT2D eigenvalue weighted by Gasteiger charge is -2.04. The highest BCUT2D eigenvalue weighted by Crippen LogP contribution is 2.10. The second kappa shape index (κ2) is 5.94. The number of amides is 1. The van der Waals surface area contributed by atoms with Gasteiger partial charge < -0.3 is 11.1 Å². The molecule has 0 bridgehead atoms. The Bertz CT molecular complexity index is 441. The zero-order valence-corrected chi connectivity index (χ0v) is 9.63. The standard InChI is InChI=1S/C13H16N2O/c1-3-15-13(16)12-7-6-10(2)11(9-12)5-4-8-14/h6-7,9H,3,8,14H2,1-2H3,(H,15,16). The monoisotopic (exact) mass is 216 g/mol. The molecule has 0 aliphatic carbocycles. The number of hydrogen-bond donors (Lipinski definition) is 2. The summed E-state index contributed by atoms with van der Waals surface area (Å²) in [6.07, 6.45) is 0. The summed E-state index contributed by atoms with van der Waals surface area (Å²) >= 11 is 0. The average molecular weight is 216 g/mol. The van der Waals surface area contributed by atoms with Crippen molar-refractivity contribution in [3.05, 3.63) is 34.9 Å². The van der Waals surface area contributed by atoms with Crippen molar-refractivity contribution in [1.29, 1.82) is 0 Å². The van der Waals surface area contributed by atoms with Crippen molar-refractivity contribution in [2.75, 3.05) is 13.1 Å². The fraction of sp³-hybridized carbons (Fsp3) is 0.308. The van der Waals surface area contributed by atoms with Crippen LogP contribution >= 0.6 is 0 Å². The summed E-state index contributed by atoms with van der Waals surface area (Å²) in [5.74, 6) is 5.67. The molecule has 1 aromatic carbocycles. The fourth-order valence-corrected chi connectivity index (χ4v) is 1.31. The van der Waals surface area contributed by atoms with Gasteiger partial charge in [-0.3, -0.25) is 4.79 Å². The molecule has 3 nitrogen and oxygen atoms in total. The van der Waals surface area contributed by atoms with Gasteiger partial charge in [0.15, 0.2) is 0 Å². The highest BCUT2D eigenvalue weighted by Gasteiger charge is 2.05. The number of carbonyl (C=O) groups excluding carboxylic acids is 1. The van der Waals surface area contributed by atoms with Crippen LogP contribution < -0.4 is 11.1 Å². The molecule has 0 heterocycles. The molecule has 0 saturated carbocycles. The SMILES string of the molecule is CCNC(=O)c1ccc(C)c(C#CCN)c1. The molecule has 1 aromatic rings. The first-order valence-electron chi connectivity index (χ1n) is 5.26. The van der Waals surface area contributed by atoms with Gasteiger partial charge in [-0.2, -0.15) is 0 Å². The van der Waals surface area contributed by atoms with Gasteiger partial charge in [-0.05, 0) is 31.5 Å². The molecule has 0 saturated heterocycles. The molecule has 3 N–H and O–H groups in total. The molecule has 16 heavy (non-hydrogen) atoms. The first-order chi connectivity index (χ1) is 7.69. The van der Waals surface area contributed by atoms with E-state index in [1.165, 1.54) is 0 Å². The van der Waals surface area contributed by atoms with Crippen LogP contribution in [0.1, 0.15) is 28.4 Å². The van der Waals surface area contributed by atoms with Gasteiger partial charge in [0, 0.05) is 17.7 Å². The van der Waals surface area contributed by atoms with E-state index < -0.39 is 0 Å².